The number of anilines is 1. The van der Waals surface area contributed by atoms with Crippen LogP contribution in [0, 0.1) is 0 Å². The Hall–Kier alpha value is -2.26. The van der Waals surface area contributed by atoms with E-state index in [1.54, 1.807) is 29.5 Å². The molecule has 3 aromatic heterocycles. The van der Waals surface area contributed by atoms with E-state index in [1.807, 2.05) is 22.2 Å². The summed E-state index contributed by atoms with van der Waals surface area (Å²) < 4.78 is 5.58. The van der Waals surface area contributed by atoms with Crippen LogP contribution in [0.1, 0.15) is 12.3 Å². The van der Waals surface area contributed by atoms with Gasteiger partial charge in [0.25, 0.3) is 0 Å². The Bertz CT molecular complexity index is 1110. The van der Waals surface area contributed by atoms with Gasteiger partial charge in [-0.15, -0.1) is 21.5 Å². The van der Waals surface area contributed by atoms with E-state index in [1.165, 1.54) is 11.3 Å². The van der Waals surface area contributed by atoms with E-state index in [-0.39, 0.29) is 12.3 Å². The molecule has 0 fully saturated rings. The smallest absolute Gasteiger partial charge is 0.248 e. The Kier molecular flexibility index (Phi) is 5.72. The van der Waals surface area contributed by atoms with Crippen molar-refractivity contribution in [2.24, 2.45) is 0 Å². The van der Waals surface area contributed by atoms with E-state index in [4.69, 9.17) is 27.6 Å². The molecule has 0 bridgehead atoms. The first-order valence-electron chi connectivity index (χ1n) is 8.14. The summed E-state index contributed by atoms with van der Waals surface area (Å²) in [6.45, 7) is 0. The van der Waals surface area contributed by atoms with Gasteiger partial charge in [0.05, 0.1) is 10.7 Å². The second kappa shape index (κ2) is 8.40. The lowest BCUT2D eigenvalue weighted by atomic mass is 10.2. The average Bonchev–Trinajstić information content (AvgIpc) is 3.41. The molecule has 6 nitrogen and oxygen atoms in total. The topological polar surface area (TPSA) is 80.9 Å². The zero-order chi connectivity index (χ0) is 19.5. The van der Waals surface area contributed by atoms with E-state index in [2.05, 4.69) is 20.5 Å². The van der Waals surface area contributed by atoms with Crippen molar-refractivity contribution in [2.75, 3.05) is 5.32 Å². The molecule has 4 rings (SSSR count). The zero-order valence-electron chi connectivity index (χ0n) is 14.2. The van der Waals surface area contributed by atoms with Gasteiger partial charge in [-0.3, -0.25) is 4.79 Å². The number of thiophene rings is 1. The molecule has 3 heterocycles. The van der Waals surface area contributed by atoms with Gasteiger partial charge in [-0.2, -0.15) is 11.3 Å². The number of thiazole rings is 1. The molecule has 0 radical (unpaired) electrons. The number of rotatable bonds is 6. The van der Waals surface area contributed by atoms with Crippen molar-refractivity contribution >= 4 is 56.9 Å². The minimum absolute atomic E-state index is 0.182. The highest BCUT2D eigenvalue weighted by molar-refractivity contribution is 7.14. The van der Waals surface area contributed by atoms with Crippen LogP contribution >= 0.6 is 45.9 Å². The molecule has 0 saturated carbocycles. The number of hydrogen-bond acceptors (Lipinski definition) is 7. The van der Waals surface area contributed by atoms with Crippen LogP contribution in [0.2, 0.25) is 10.0 Å². The van der Waals surface area contributed by atoms with Crippen LogP contribution in [0.3, 0.4) is 0 Å². The second-order valence-corrected chi connectivity index (χ2v) is 8.20. The van der Waals surface area contributed by atoms with Crippen molar-refractivity contribution in [3.8, 4) is 22.7 Å². The van der Waals surface area contributed by atoms with Gasteiger partial charge in [-0.05, 0) is 29.6 Å². The summed E-state index contributed by atoms with van der Waals surface area (Å²) >= 11 is 15.0. The predicted octanol–water partition coefficient (Wildman–Crippen LogP) is 5.80. The number of nitrogens with zero attached hydrogens (tertiary/aromatic N) is 3. The van der Waals surface area contributed by atoms with Gasteiger partial charge in [-0.25, -0.2) is 4.98 Å². The molecule has 0 unspecified atom stereocenters. The van der Waals surface area contributed by atoms with Crippen LogP contribution in [0.4, 0.5) is 5.13 Å². The highest BCUT2D eigenvalue weighted by Crippen LogP contribution is 2.32. The second-order valence-electron chi connectivity index (χ2n) is 5.72. The molecule has 0 spiro atoms. The van der Waals surface area contributed by atoms with E-state index in [9.17, 15) is 4.79 Å². The molecule has 4 aromatic rings. The Morgan fingerprint density at radius 2 is 2.07 bits per heavy atom. The lowest BCUT2D eigenvalue weighted by Crippen LogP contribution is -2.12. The molecular weight excluding hydrogens is 439 g/mol. The first kappa shape index (κ1) is 19.1. The minimum atomic E-state index is -0.182. The fourth-order valence-electron chi connectivity index (χ4n) is 2.41. The summed E-state index contributed by atoms with van der Waals surface area (Å²) in [5, 5.41) is 18.0. The van der Waals surface area contributed by atoms with E-state index in [0.717, 1.165) is 11.1 Å². The van der Waals surface area contributed by atoms with Crippen LogP contribution < -0.4 is 5.32 Å². The first-order chi connectivity index (χ1) is 13.6. The summed E-state index contributed by atoms with van der Waals surface area (Å²) in [6, 6.07) is 7.10. The highest BCUT2D eigenvalue weighted by atomic mass is 35.5. The van der Waals surface area contributed by atoms with Gasteiger partial charge in [0, 0.05) is 39.8 Å². The molecule has 0 aliphatic rings. The number of amides is 1. The summed E-state index contributed by atoms with van der Waals surface area (Å²) in [4.78, 5) is 16.6. The Balaban J connectivity index is 1.35. The average molecular weight is 451 g/mol. The van der Waals surface area contributed by atoms with Gasteiger partial charge < -0.3 is 9.73 Å². The molecule has 28 heavy (non-hydrogen) atoms. The van der Waals surface area contributed by atoms with Crippen LogP contribution in [-0.2, 0) is 11.2 Å². The Morgan fingerprint density at radius 3 is 2.86 bits per heavy atom. The maximum atomic E-state index is 12.2. The largest absolute Gasteiger partial charge is 0.421 e. The van der Waals surface area contributed by atoms with Gasteiger partial charge in [0.15, 0.2) is 5.13 Å². The third-order valence-electron chi connectivity index (χ3n) is 3.76. The van der Waals surface area contributed by atoms with Crippen molar-refractivity contribution in [2.45, 2.75) is 12.8 Å². The summed E-state index contributed by atoms with van der Waals surface area (Å²) in [6.07, 6.45) is 0.562. The van der Waals surface area contributed by atoms with Crippen LogP contribution in [0.5, 0.6) is 0 Å². The number of aryl methyl sites for hydroxylation is 1. The minimum Gasteiger partial charge on any atom is -0.421 e. The number of aromatic nitrogens is 3. The van der Waals surface area contributed by atoms with Gasteiger partial charge >= 0.3 is 0 Å². The predicted molar refractivity (Wildman–Crippen MR) is 112 cm³/mol. The monoisotopic (exact) mass is 450 g/mol. The molecular formula is C18H12Cl2N4O2S2. The molecule has 1 aromatic carbocycles. The normalized spacial score (nSPS) is 10.9. The molecule has 0 saturated heterocycles. The lowest BCUT2D eigenvalue weighted by molar-refractivity contribution is -0.116. The molecule has 1 N–H and O–H groups in total. The molecule has 0 aliphatic heterocycles. The third kappa shape index (κ3) is 4.41. The van der Waals surface area contributed by atoms with Crippen LogP contribution in [0.15, 0.2) is 44.8 Å². The van der Waals surface area contributed by atoms with Gasteiger partial charge in [0.1, 0.15) is 0 Å². The third-order valence-corrected chi connectivity index (χ3v) is 5.75. The van der Waals surface area contributed by atoms with Gasteiger partial charge in [0.2, 0.25) is 17.7 Å². The SMILES string of the molecule is O=C(CCc1nnc(-c2ccsc2)o1)Nc1nc(-c2ccc(Cl)cc2Cl)cs1. The summed E-state index contributed by atoms with van der Waals surface area (Å²) in [5.41, 5.74) is 2.32. The molecule has 10 heteroatoms. The number of carbonyl (C=O) groups is 1. The van der Waals surface area contributed by atoms with E-state index < -0.39 is 0 Å². The molecule has 1 amide bonds. The van der Waals surface area contributed by atoms with Crippen molar-refractivity contribution in [1.82, 2.24) is 15.2 Å². The van der Waals surface area contributed by atoms with Crippen molar-refractivity contribution in [3.63, 3.8) is 0 Å². The fourth-order valence-corrected chi connectivity index (χ4v) is 4.27. The summed E-state index contributed by atoms with van der Waals surface area (Å²) in [5.74, 6) is 0.698. The molecule has 0 aliphatic carbocycles. The first-order valence-corrected chi connectivity index (χ1v) is 10.7. The van der Waals surface area contributed by atoms with Crippen LogP contribution in [0.25, 0.3) is 22.7 Å². The van der Waals surface area contributed by atoms with Crippen molar-refractivity contribution < 1.29 is 9.21 Å². The zero-order valence-corrected chi connectivity index (χ0v) is 17.3. The van der Waals surface area contributed by atoms with Crippen LogP contribution in [-0.4, -0.2) is 21.1 Å². The van der Waals surface area contributed by atoms with E-state index >= 15 is 0 Å². The standard InChI is InChI=1S/C18H12Cl2N4O2S2/c19-11-1-2-12(13(20)7-11)14-9-28-18(21-14)22-15(25)3-4-16-23-24-17(26-16)10-5-6-27-8-10/h1-2,5-9H,3-4H2,(H,21,22,25). The Morgan fingerprint density at radius 1 is 1.18 bits per heavy atom. The maximum Gasteiger partial charge on any atom is 0.248 e. The van der Waals surface area contributed by atoms with E-state index in [0.29, 0.717) is 39.1 Å². The number of carbonyl (C=O) groups excluding carboxylic acids is 1. The van der Waals surface area contributed by atoms with Gasteiger partial charge in [-0.1, -0.05) is 23.2 Å². The quantitative estimate of drug-likeness (QED) is 0.401. The molecule has 142 valence electrons. The molecule has 0 atom stereocenters. The highest BCUT2D eigenvalue weighted by Gasteiger charge is 2.13. The number of benzene rings is 1. The maximum absolute atomic E-state index is 12.2. The van der Waals surface area contributed by atoms with Crippen molar-refractivity contribution in [3.05, 3.63) is 56.3 Å². The Labute approximate surface area is 178 Å². The number of halogens is 2. The number of hydrogen-bond donors (Lipinski definition) is 1. The van der Waals surface area contributed by atoms with Crippen molar-refractivity contribution in [1.29, 1.82) is 0 Å². The summed E-state index contributed by atoms with van der Waals surface area (Å²) in [7, 11) is 0. The fraction of sp³-hybridized carbons (Fsp3) is 0.111. The number of nitrogens with one attached hydrogen (secondary N) is 1. The lowest BCUT2D eigenvalue weighted by Gasteiger charge is -2.01.